The number of nitrogens with zero attached hydrogens (tertiary/aromatic N) is 1. The largest absolute Gasteiger partial charge is 0.337 e. The van der Waals surface area contributed by atoms with Gasteiger partial charge in [0.15, 0.2) is 4.90 Å². The van der Waals surface area contributed by atoms with Gasteiger partial charge >= 0.3 is 5.69 Å². The molecule has 3 N–H and O–H groups in total. The number of aromatic nitrogens is 2. The number of aromatic amines is 2. The van der Waals surface area contributed by atoms with Crippen LogP contribution in [0.5, 0.6) is 0 Å². The van der Waals surface area contributed by atoms with Gasteiger partial charge in [0.1, 0.15) is 0 Å². The molecule has 0 bridgehead atoms. The van der Waals surface area contributed by atoms with Gasteiger partial charge in [0.05, 0.1) is 37.8 Å². The van der Waals surface area contributed by atoms with E-state index in [-0.39, 0.29) is 22.5 Å². The quantitative estimate of drug-likeness (QED) is 0.627. The van der Waals surface area contributed by atoms with E-state index < -0.39 is 21.3 Å². The van der Waals surface area contributed by atoms with E-state index in [2.05, 4.69) is 12.0 Å². The molecule has 3 heterocycles. The van der Waals surface area contributed by atoms with Gasteiger partial charge in [-0.2, -0.15) is 0 Å². The van der Waals surface area contributed by atoms with Crippen LogP contribution < -0.4 is 20.5 Å². The second-order valence-electron chi connectivity index (χ2n) is 7.60. The monoisotopic (exact) mass is 391 g/mol. The van der Waals surface area contributed by atoms with Gasteiger partial charge in [0.25, 0.3) is 15.6 Å². The topological polar surface area (TPSA) is 108 Å². The van der Waals surface area contributed by atoms with E-state index in [9.17, 15) is 18.0 Å². The Kier molecular flexibility index (Phi) is 4.04. The maximum absolute atomic E-state index is 13.5. The summed E-state index contributed by atoms with van der Waals surface area (Å²) >= 11 is 0. The van der Waals surface area contributed by atoms with Crippen molar-refractivity contribution in [3.05, 3.63) is 55.9 Å². The lowest BCUT2D eigenvalue weighted by atomic mass is 9.89. The highest BCUT2D eigenvalue weighted by Gasteiger charge is 2.49. The van der Waals surface area contributed by atoms with Gasteiger partial charge in [-0.25, -0.2) is 13.2 Å². The van der Waals surface area contributed by atoms with Crippen LogP contribution >= 0.6 is 0 Å². The minimum Gasteiger partial charge on any atom is -0.337 e. The molecule has 1 saturated heterocycles. The van der Waals surface area contributed by atoms with Crippen molar-refractivity contribution in [1.82, 2.24) is 9.97 Å². The first-order valence-electron chi connectivity index (χ1n) is 8.99. The summed E-state index contributed by atoms with van der Waals surface area (Å²) in [5, 5.41) is 0. The zero-order valence-electron chi connectivity index (χ0n) is 15.5. The highest BCUT2D eigenvalue weighted by Crippen LogP contribution is 2.45. The number of rotatable bonds is 2. The predicted octanol–water partition coefficient (Wildman–Crippen LogP) is -0.740. The third kappa shape index (κ3) is 2.72. The molecule has 0 saturated carbocycles. The van der Waals surface area contributed by atoms with Crippen molar-refractivity contribution in [2.75, 3.05) is 24.4 Å². The third-order valence-corrected chi connectivity index (χ3v) is 7.61. The summed E-state index contributed by atoms with van der Waals surface area (Å²) < 4.78 is 28.5. The number of fused-ring (bicyclic) bond motifs is 3. The van der Waals surface area contributed by atoms with Crippen molar-refractivity contribution >= 4 is 15.7 Å². The Morgan fingerprint density at radius 3 is 2.63 bits per heavy atom. The SMILES string of the molecule is Cc1ccc2c(c1)[C@@H]1C[NH+](C)CC[C@@H]1N2S(=O)(=O)c1c(C)[nH]c(=O)[nH]c1=O. The summed E-state index contributed by atoms with van der Waals surface area (Å²) in [4.78, 5) is 29.3. The van der Waals surface area contributed by atoms with Crippen LogP contribution in [0, 0.1) is 13.8 Å². The number of H-pyrrole nitrogens is 2. The van der Waals surface area contributed by atoms with Gasteiger partial charge in [0.2, 0.25) is 0 Å². The summed E-state index contributed by atoms with van der Waals surface area (Å²) in [7, 11) is -2.01. The highest BCUT2D eigenvalue weighted by atomic mass is 32.2. The first-order valence-corrected chi connectivity index (χ1v) is 10.4. The van der Waals surface area contributed by atoms with Crippen molar-refractivity contribution in [3.63, 3.8) is 0 Å². The number of hydrogen-bond donors (Lipinski definition) is 3. The number of sulfonamides is 1. The number of piperidine rings is 1. The maximum atomic E-state index is 13.5. The molecule has 144 valence electrons. The van der Waals surface area contributed by atoms with Crippen molar-refractivity contribution < 1.29 is 13.3 Å². The van der Waals surface area contributed by atoms with E-state index in [0.29, 0.717) is 12.1 Å². The average Bonchev–Trinajstić information content (AvgIpc) is 2.87. The molecule has 0 spiro atoms. The molecule has 0 amide bonds. The number of benzene rings is 1. The summed E-state index contributed by atoms with van der Waals surface area (Å²) in [6.07, 6.45) is 0.712. The lowest BCUT2D eigenvalue weighted by Gasteiger charge is -2.34. The number of quaternary nitrogens is 1. The maximum Gasteiger partial charge on any atom is 0.325 e. The van der Waals surface area contributed by atoms with Crippen LogP contribution in [0.15, 0.2) is 32.7 Å². The fraction of sp³-hybridized carbons (Fsp3) is 0.444. The van der Waals surface area contributed by atoms with E-state index in [4.69, 9.17) is 0 Å². The lowest BCUT2D eigenvalue weighted by Crippen LogP contribution is -3.11. The van der Waals surface area contributed by atoms with E-state index in [0.717, 1.165) is 24.2 Å². The van der Waals surface area contributed by atoms with E-state index in [1.807, 2.05) is 30.1 Å². The number of nitrogens with one attached hydrogen (secondary N) is 3. The van der Waals surface area contributed by atoms with Crippen LogP contribution in [0.25, 0.3) is 0 Å². The Balaban J connectivity index is 1.93. The number of hydrogen-bond acceptors (Lipinski definition) is 4. The van der Waals surface area contributed by atoms with Crippen molar-refractivity contribution in [2.24, 2.45) is 0 Å². The minimum absolute atomic E-state index is 0.0550. The fourth-order valence-electron chi connectivity index (χ4n) is 4.46. The van der Waals surface area contributed by atoms with Gasteiger partial charge in [0, 0.05) is 12.1 Å². The number of likely N-dealkylation sites (N-methyl/N-ethyl adjacent to an activating group) is 1. The molecule has 3 atom stereocenters. The molecular weight excluding hydrogens is 368 g/mol. The molecule has 1 aromatic carbocycles. The Labute approximate surface area is 156 Å². The standard InChI is InChI=1S/C18H22N4O4S/c1-10-4-5-14-12(8-10)13-9-21(3)7-6-15(13)22(14)27(25,26)16-11(2)19-18(24)20-17(16)23/h4-5,8,13,15H,6-7,9H2,1-3H3,(H2,19,20,23,24)/p+1/t13-,15-/m0/s1. The van der Waals surface area contributed by atoms with Gasteiger partial charge in [-0.3, -0.25) is 14.1 Å². The number of likely N-dealkylation sites (tertiary alicyclic amines) is 1. The normalized spacial score (nSPS) is 24.6. The molecular formula is C18H23N4O4S+. The molecule has 8 nitrogen and oxygen atoms in total. The summed E-state index contributed by atoms with van der Waals surface area (Å²) in [6.45, 7) is 5.13. The highest BCUT2D eigenvalue weighted by molar-refractivity contribution is 7.93. The molecule has 1 aromatic heterocycles. The molecule has 2 aliphatic heterocycles. The van der Waals surface area contributed by atoms with Gasteiger partial charge in [-0.05, 0) is 25.5 Å². The van der Waals surface area contributed by atoms with Crippen LogP contribution in [0.1, 0.15) is 29.2 Å². The average molecular weight is 391 g/mol. The van der Waals surface area contributed by atoms with Crippen LogP contribution in [0.2, 0.25) is 0 Å². The Hall–Kier alpha value is -2.39. The predicted molar refractivity (Wildman–Crippen MR) is 101 cm³/mol. The zero-order valence-corrected chi connectivity index (χ0v) is 16.3. The molecule has 2 aromatic rings. The molecule has 27 heavy (non-hydrogen) atoms. The molecule has 1 fully saturated rings. The molecule has 0 radical (unpaired) electrons. The zero-order chi connectivity index (χ0) is 19.5. The second kappa shape index (κ2) is 6.07. The van der Waals surface area contributed by atoms with Gasteiger partial charge < -0.3 is 9.88 Å². The van der Waals surface area contributed by atoms with E-state index in [1.165, 1.54) is 16.1 Å². The van der Waals surface area contributed by atoms with Gasteiger partial charge in [-0.15, -0.1) is 0 Å². The number of aryl methyl sites for hydroxylation is 2. The third-order valence-electron chi connectivity index (χ3n) is 5.61. The van der Waals surface area contributed by atoms with Crippen LogP contribution in [-0.2, 0) is 10.0 Å². The minimum atomic E-state index is -4.12. The van der Waals surface area contributed by atoms with Crippen molar-refractivity contribution in [3.8, 4) is 0 Å². The van der Waals surface area contributed by atoms with Crippen LogP contribution in [0.3, 0.4) is 0 Å². The Morgan fingerprint density at radius 1 is 1.19 bits per heavy atom. The number of anilines is 1. The second-order valence-corrected chi connectivity index (χ2v) is 9.35. The Morgan fingerprint density at radius 2 is 1.93 bits per heavy atom. The summed E-state index contributed by atoms with van der Waals surface area (Å²) in [5.41, 5.74) is 1.19. The Bertz CT molecular complexity index is 1130. The molecule has 0 aliphatic carbocycles. The van der Waals surface area contributed by atoms with Crippen molar-refractivity contribution in [1.29, 1.82) is 0 Å². The van der Waals surface area contributed by atoms with Crippen LogP contribution in [0.4, 0.5) is 5.69 Å². The van der Waals surface area contributed by atoms with E-state index >= 15 is 0 Å². The lowest BCUT2D eigenvalue weighted by molar-refractivity contribution is -0.886. The van der Waals surface area contributed by atoms with Crippen molar-refractivity contribution in [2.45, 2.75) is 37.1 Å². The molecule has 9 heteroatoms. The molecule has 1 unspecified atom stereocenters. The van der Waals surface area contributed by atoms with Crippen LogP contribution in [-0.4, -0.2) is 44.6 Å². The van der Waals surface area contributed by atoms with Gasteiger partial charge in [-0.1, -0.05) is 17.7 Å². The summed E-state index contributed by atoms with van der Waals surface area (Å²) in [5.74, 6) is 0.0885. The fourth-order valence-corrected chi connectivity index (χ4v) is 6.42. The molecule has 2 aliphatic rings. The first kappa shape index (κ1) is 18.0. The first-order chi connectivity index (χ1) is 12.7. The molecule has 4 rings (SSSR count). The summed E-state index contributed by atoms with van der Waals surface area (Å²) in [6, 6.07) is 5.54. The van der Waals surface area contributed by atoms with E-state index in [1.54, 1.807) is 0 Å². The smallest absolute Gasteiger partial charge is 0.325 e.